The van der Waals surface area contributed by atoms with Crippen LogP contribution in [0.4, 0.5) is 10.1 Å². The summed E-state index contributed by atoms with van der Waals surface area (Å²) in [5.41, 5.74) is 5.65. The van der Waals surface area contributed by atoms with E-state index in [0.717, 1.165) is 12.1 Å². The van der Waals surface area contributed by atoms with Crippen LogP contribution in [0.25, 0.3) is 0 Å². The average Bonchev–Trinajstić information content (AvgIpc) is 2.31. The number of methoxy groups -OCH3 is 1. The number of rotatable bonds is 5. The number of halogens is 1. The molecule has 0 saturated carbocycles. The Morgan fingerprint density at radius 1 is 1.42 bits per heavy atom. The minimum atomic E-state index is -3.96. The zero-order valence-corrected chi connectivity index (χ0v) is 12.3. The molecule has 0 fully saturated rings. The van der Waals surface area contributed by atoms with Crippen LogP contribution in [0.1, 0.15) is 19.4 Å². The van der Waals surface area contributed by atoms with E-state index in [1.54, 1.807) is 20.8 Å². The first-order valence-electron chi connectivity index (χ1n) is 5.69. The summed E-state index contributed by atoms with van der Waals surface area (Å²) in [6, 6.07) is 2.22. The third-order valence-corrected chi connectivity index (χ3v) is 4.27. The van der Waals surface area contributed by atoms with E-state index in [1.165, 1.54) is 7.11 Å². The number of anilines is 1. The van der Waals surface area contributed by atoms with Crippen molar-refractivity contribution >= 4 is 15.7 Å². The lowest BCUT2D eigenvalue weighted by molar-refractivity contribution is 0.0276. The lowest BCUT2D eigenvalue weighted by Gasteiger charge is -2.23. The zero-order valence-electron chi connectivity index (χ0n) is 11.5. The molecule has 7 heteroatoms. The van der Waals surface area contributed by atoms with E-state index < -0.39 is 26.3 Å². The summed E-state index contributed by atoms with van der Waals surface area (Å²) in [4.78, 5) is -0.456. The fraction of sp³-hybridized carbons (Fsp3) is 0.500. The van der Waals surface area contributed by atoms with Gasteiger partial charge < -0.3 is 10.5 Å². The minimum Gasteiger partial charge on any atom is -0.398 e. The Morgan fingerprint density at radius 2 is 2.00 bits per heavy atom. The number of sulfonamides is 1. The predicted octanol–water partition coefficient (Wildman–Crippen LogP) is 1.42. The van der Waals surface area contributed by atoms with Crippen LogP contribution >= 0.6 is 0 Å². The van der Waals surface area contributed by atoms with E-state index in [2.05, 4.69) is 4.72 Å². The van der Waals surface area contributed by atoms with Crippen molar-refractivity contribution in [3.8, 4) is 0 Å². The van der Waals surface area contributed by atoms with Crippen molar-refractivity contribution in [3.63, 3.8) is 0 Å². The summed E-state index contributed by atoms with van der Waals surface area (Å²) in [7, 11) is -2.49. The molecule has 0 radical (unpaired) electrons. The molecule has 0 aromatic heterocycles. The molecule has 5 nitrogen and oxygen atoms in total. The Labute approximate surface area is 113 Å². The van der Waals surface area contributed by atoms with Gasteiger partial charge in [-0.1, -0.05) is 0 Å². The molecule has 0 spiro atoms. The highest BCUT2D eigenvalue weighted by Gasteiger charge is 2.24. The van der Waals surface area contributed by atoms with Gasteiger partial charge in [0.15, 0.2) is 0 Å². The second kappa shape index (κ2) is 5.44. The van der Waals surface area contributed by atoms with Crippen LogP contribution in [0.2, 0.25) is 0 Å². The second-order valence-corrected chi connectivity index (χ2v) is 6.66. The van der Waals surface area contributed by atoms with E-state index in [9.17, 15) is 12.8 Å². The molecule has 1 rings (SSSR count). The van der Waals surface area contributed by atoms with Crippen molar-refractivity contribution in [2.75, 3.05) is 19.4 Å². The van der Waals surface area contributed by atoms with Gasteiger partial charge in [0, 0.05) is 19.3 Å². The molecule has 108 valence electrons. The van der Waals surface area contributed by atoms with Crippen LogP contribution in [-0.4, -0.2) is 27.7 Å². The van der Waals surface area contributed by atoms with Crippen LogP contribution in [0, 0.1) is 12.7 Å². The monoisotopic (exact) mass is 290 g/mol. The molecule has 0 saturated heterocycles. The van der Waals surface area contributed by atoms with Crippen molar-refractivity contribution in [1.82, 2.24) is 4.72 Å². The number of ether oxygens (including phenoxy) is 1. The summed E-state index contributed by atoms with van der Waals surface area (Å²) in [5, 5.41) is 0. The van der Waals surface area contributed by atoms with Gasteiger partial charge in [-0.3, -0.25) is 0 Å². The molecule has 0 unspecified atom stereocenters. The Bertz CT molecular complexity index is 571. The van der Waals surface area contributed by atoms with E-state index in [-0.39, 0.29) is 12.2 Å². The molecular weight excluding hydrogens is 271 g/mol. The van der Waals surface area contributed by atoms with Crippen LogP contribution < -0.4 is 10.5 Å². The average molecular weight is 290 g/mol. The van der Waals surface area contributed by atoms with Gasteiger partial charge in [0.2, 0.25) is 10.0 Å². The van der Waals surface area contributed by atoms with E-state index >= 15 is 0 Å². The van der Waals surface area contributed by atoms with Gasteiger partial charge in [-0.15, -0.1) is 0 Å². The Balaban J connectivity index is 3.05. The van der Waals surface area contributed by atoms with E-state index in [1.807, 2.05) is 0 Å². The normalized spacial score (nSPS) is 12.7. The number of hydrogen-bond donors (Lipinski definition) is 2. The molecule has 3 N–H and O–H groups in total. The molecule has 0 atom stereocenters. The van der Waals surface area contributed by atoms with Gasteiger partial charge in [0.25, 0.3) is 0 Å². The van der Waals surface area contributed by atoms with Gasteiger partial charge in [0.1, 0.15) is 10.7 Å². The summed E-state index contributed by atoms with van der Waals surface area (Å²) in [5.74, 6) is -0.825. The Morgan fingerprint density at radius 3 is 2.53 bits per heavy atom. The first-order chi connectivity index (χ1) is 8.59. The highest BCUT2D eigenvalue weighted by Crippen LogP contribution is 2.21. The molecule has 0 aliphatic heterocycles. The fourth-order valence-corrected chi connectivity index (χ4v) is 2.58. The van der Waals surface area contributed by atoms with Gasteiger partial charge in [-0.05, 0) is 38.5 Å². The van der Waals surface area contributed by atoms with Crippen molar-refractivity contribution < 1.29 is 17.5 Å². The maximum absolute atomic E-state index is 13.7. The van der Waals surface area contributed by atoms with Crippen molar-refractivity contribution in [2.45, 2.75) is 31.3 Å². The highest BCUT2D eigenvalue weighted by molar-refractivity contribution is 7.89. The lowest BCUT2D eigenvalue weighted by atomic mass is 10.1. The maximum atomic E-state index is 13.7. The molecule has 1 aromatic carbocycles. The van der Waals surface area contributed by atoms with Crippen LogP contribution in [-0.2, 0) is 14.8 Å². The molecular formula is C12H19FN2O3S. The first kappa shape index (κ1) is 15.9. The molecule has 1 aromatic rings. The van der Waals surface area contributed by atoms with Crippen molar-refractivity contribution in [2.24, 2.45) is 0 Å². The number of nitrogens with one attached hydrogen (secondary N) is 1. The van der Waals surface area contributed by atoms with Crippen LogP contribution in [0.3, 0.4) is 0 Å². The van der Waals surface area contributed by atoms with Crippen LogP contribution in [0.5, 0.6) is 0 Å². The lowest BCUT2D eigenvalue weighted by Crippen LogP contribution is -2.39. The largest absolute Gasteiger partial charge is 0.398 e. The molecule has 0 bridgehead atoms. The van der Waals surface area contributed by atoms with E-state index in [4.69, 9.17) is 10.5 Å². The van der Waals surface area contributed by atoms with Crippen LogP contribution in [0.15, 0.2) is 17.0 Å². The third-order valence-electron chi connectivity index (χ3n) is 2.85. The van der Waals surface area contributed by atoms with E-state index in [0.29, 0.717) is 5.56 Å². The Hall–Kier alpha value is -1.18. The number of benzene rings is 1. The topological polar surface area (TPSA) is 81.4 Å². The number of nitrogens with two attached hydrogens (primary N) is 1. The van der Waals surface area contributed by atoms with Crippen molar-refractivity contribution in [3.05, 3.63) is 23.5 Å². The maximum Gasteiger partial charge on any atom is 0.243 e. The summed E-state index contributed by atoms with van der Waals surface area (Å²) in [6.07, 6.45) is 0. The number of hydrogen-bond acceptors (Lipinski definition) is 4. The van der Waals surface area contributed by atoms with Gasteiger partial charge in [-0.25, -0.2) is 17.5 Å². The molecule has 19 heavy (non-hydrogen) atoms. The number of aryl methyl sites for hydroxylation is 1. The van der Waals surface area contributed by atoms with Gasteiger partial charge in [-0.2, -0.15) is 0 Å². The SMILES string of the molecule is COC(C)(C)CNS(=O)(=O)c1cc(N)c(C)cc1F. The summed E-state index contributed by atoms with van der Waals surface area (Å²) >= 11 is 0. The minimum absolute atomic E-state index is 0.0268. The van der Waals surface area contributed by atoms with Crippen molar-refractivity contribution in [1.29, 1.82) is 0 Å². The number of nitrogen functional groups attached to an aromatic ring is 1. The Kier molecular flexibility index (Phi) is 4.54. The predicted molar refractivity (Wildman–Crippen MR) is 71.8 cm³/mol. The third kappa shape index (κ3) is 3.89. The van der Waals surface area contributed by atoms with Gasteiger partial charge >= 0.3 is 0 Å². The molecule has 0 heterocycles. The second-order valence-electron chi connectivity index (χ2n) is 4.93. The quantitative estimate of drug-likeness (QED) is 0.804. The molecule has 0 aliphatic rings. The molecule has 0 amide bonds. The summed E-state index contributed by atoms with van der Waals surface area (Å²) in [6.45, 7) is 5.07. The standard InChI is InChI=1S/C12H19FN2O3S/c1-8-5-9(13)11(6-10(8)14)19(16,17)15-7-12(2,3)18-4/h5-6,15H,7,14H2,1-4H3. The van der Waals surface area contributed by atoms with Gasteiger partial charge in [0.05, 0.1) is 5.60 Å². The zero-order chi connectivity index (χ0) is 14.8. The smallest absolute Gasteiger partial charge is 0.243 e. The fourth-order valence-electron chi connectivity index (χ4n) is 1.29. The first-order valence-corrected chi connectivity index (χ1v) is 7.18. The molecule has 0 aliphatic carbocycles. The summed E-state index contributed by atoms with van der Waals surface area (Å²) < 4.78 is 45.2. The highest BCUT2D eigenvalue weighted by atomic mass is 32.2.